The van der Waals surface area contributed by atoms with Crippen molar-refractivity contribution >= 4 is 13.3 Å². The second kappa shape index (κ2) is 4.60. The lowest BCUT2D eigenvalue weighted by molar-refractivity contribution is 0.505. The van der Waals surface area contributed by atoms with Crippen molar-refractivity contribution in [2.45, 2.75) is 45.8 Å². The molecule has 1 aliphatic carbocycles. The molecule has 0 amide bonds. The van der Waals surface area contributed by atoms with Gasteiger partial charge in [0.25, 0.3) is 0 Å². The van der Waals surface area contributed by atoms with Crippen LogP contribution in [-0.2, 0) is 0 Å². The Morgan fingerprint density at radius 2 is 1.65 bits per heavy atom. The molecule has 1 heteroatoms. The topological polar surface area (TPSA) is 0 Å². The molecule has 3 atom stereocenters. The molecule has 0 aromatic heterocycles. The van der Waals surface area contributed by atoms with E-state index >= 15 is 0 Å². The van der Waals surface area contributed by atoms with Gasteiger partial charge in [0.05, 0.1) is 8.07 Å². The van der Waals surface area contributed by atoms with Crippen LogP contribution in [0.2, 0.25) is 18.6 Å². The van der Waals surface area contributed by atoms with E-state index in [9.17, 15) is 0 Å². The third-order valence-corrected chi connectivity index (χ3v) is 9.29. The Morgan fingerprint density at radius 3 is 2.06 bits per heavy atom. The Morgan fingerprint density at radius 1 is 1.12 bits per heavy atom. The normalized spacial score (nSPS) is 26.0. The standard InChI is InChI=1S/C16H26Si/c1-12(2)16(15-11-13(15)3)17(4,5)14-9-7-6-8-10-14/h6-10,12-13,15-16H,11H2,1-5H3/t13-,15+,16-/m0/s1. The fourth-order valence-electron chi connectivity index (χ4n) is 3.77. The minimum atomic E-state index is -1.31. The molecule has 1 fully saturated rings. The summed E-state index contributed by atoms with van der Waals surface area (Å²) in [4.78, 5) is 0. The van der Waals surface area contributed by atoms with Gasteiger partial charge in [-0.2, -0.15) is 0 Å². The molecule has 1 aromatic carbocycles. The Kier molecular flexibility index (Phi) is 3.49. The third kappa shape index (κ3) is 2.49. The van der Waals surface area contributed by atoms with E-state index in [4.69, 9.17) is 0 Å². The van der Waals surface area contributed by atoms with Gasteiger partial charge < -0.3 is 0 Å². The van der Waals surface area contributed by atoms with Crippen LogP contribution in [0.1, 0.15) is 27.2 Å². The van der Waals surface area contributed by atoms with E-state index in [1.54, 1.807) is 5.19 Å². The molecular weight excluding hydrogens is 220 g/mol. The maximum absolute atomic E-state index is 2.57. The van der Waals surface area contributed by atoms with E-state index in [0.717, 1.165) is 23.3 Å². The summed E-state index contributed by atoms with van der Waals surface area (Å²) in [6.45, 7) is 12.4. The van der Waals surface area contributed by atoms with Crippen molar-refractivity contribution in [3.63, 3.8) is 0 Å². The number of hydrogen-bond acceptors (Lipinski definition) is 0. The van der Waals surface area contributed by atoms with Gasteiger partial charge in [-0.25, -0.2) is 0 Å². The third-order valence-electron chi connectivity index (χ3n) is 4.70. The van der Waals surface area contributed by atoms with Crippen LogP contribution in [0.25, 0.3) is 0 Å². The summed E-state index contributed by atoms with van der Waals surface area (Å²) >= 11 is 0. The molecule has 0 heterocycles. The van der Waals surface area contributed by atoms with Crippen LogP contribution >= 0.6 is 0 Å². The molecule has 0 nitrogen and oxygen atoms in total. The van der Waals surface area contributed by atoms with Crippen LogP contribution in [-0.4, -0.2) is 8.07 Å². The highest BCUT2D eigenvalue weighted by atomic mass is 28.3. The van der Waals surface area contributed by atoms with E-state index in [0.29, 0.717) is 0 Å². The van der Waals surface area contributed by atoms with E-state index < -0.39 is 8.07 Å². The molecule has 0 spiro atoms. The number of rotatable bonds is 4. The first-order valence-electron chi connectivity index (χ1n) is 7.00. The van der Waals surface area contributed by atoms with Crippen molar-refractivity contribution in [3.8, 4) is 0 Å². The summed E-state index contributed by atoms with van der Waals surface area (Å²) in [7, 11) is -1.31. The van der Waals surface area contributed by atoms with Gasteiger partial charge in [0, 0.05) is 0 Å². The molecule has 0 radical (unpaired) electrons. The molecule has 0 aliphatic heterocycles. The summed E-state index contributed by atoms with van der Waals surface area (Å²) < 4.78 is 0. The van der Waals surface area contributed by atoms with Crippen molar-refractivity contribution in [1.82, 2.24) is 0 Å². The zero-order valence-corrected chi connectivity index (χ0v) is 12.9. The minimum absolute atomic E-state index is 0.826. The smallest absolute Gasteiger partial charge is 0.0652 e. The van der Waals surface area contributed by atoms with Gasteiger partial charge >= 0.3 is 0 Å². The Labute approximate surface area is 107 Å². The summed E-state index contributed by atoms with van der Waals surface area (Å²) in [5.41, 5.74) is 0.944. The van der Waals surface area contributed by atoms with Crippen LogP contribution in [0.4, 0.5) is 0 Å². The van der Waals surface area contributed by atoms with Crippen LogP contribution in [0.15, 0.2) is 30.3 Å². The SMILES string of the molecule is CC(C)[C@@H]([C@@H]1C[C@@H]1C)[Si](C)(C)c1ccccc1. The quantitative estimate of drug-likeness (QED) is 0.696. The summed E-state index contributed by atoms with van der Waals surface area (Å²) in [6, 6.07) is 11.3. The lowest BCUT2D eigenvalue weighted by Gasteiger charge is -2.36. The first-order valence-corrected chi connectivity index (χ1v) is 10.1. The summed E-state index contributed by atoms with van der Waals surface area (Å²) in [5.74, 6) is 2.79. The Balaban J connectivity index is 2.29. The van der Waals surface area contributed by atoms with Crippen LogP contribution in [0, 0.1) is 17.8 Å². The zero-order chi connectivity index (χ0) is 12.6. The second-order valence-electron chi connectivity index (χ2n) is 6.73. The molecule has 0 unspecified atom stereocenters. The molecule has 0 bridgehead atoms. The predicted molar refractivity (Wildman–Crippen MR) is 79.4 cm³/mol. The first-order chi connectivity index (χ1) is 7.94. The van der Waals surface area contributed by atoms with Crippen LogP contribution in [0.3, 0.4) is 0 Å². The van der Waals surface area contributed by atoms with E-state index in [1.165, 1.54) is 6.42 Å². The van der Waals surface area contributed by atoms with Gasteiger partial charge in [-0.3, -0.25) is 0 Å². The molecule has 1 aliphatic rings. The summed E-state index contributed by atoms with van der Waals surface area (Å²) in [6.07, 6.45) is 1.46. The predicted octanol–water partition coefficient (Wildman–Crippen LogP) is 4.28. The molecule has 1 saturated carbocycles. The molecule has 94 valence electrons. The lowest BCUT2D eigenvalue weighted by Crippen LogP contribution is -2.48. The first kappa shape index (κ1) is 12.9. The fourth-order valence-corrected chi connectivity index (χ4v) is 8.41. The molecule has 2 rings (SSSR count). The van der Waals surface area contributed by atoms with Gasteiger partial charge in [0.1, 0.15) is 0 Å². The molecule has 17 heavy (non-hydrogen) atoms. The molecule has 0 N–H and O–H groups in total. The summed E-state index contributed by atoms with van der Waals surface area (Å²) in [5, 5.41) is 1.64. The van der Waals surface area contributed by atoms with E-state index in [2.05, 4.69) is 64.2 Å². The monoisotopic (exact) mass is 246 g/mol. The van der Waals surface area contributed by atoms with Crippen molar-refractivity contribution in [1.29, 1.82) is 0 Å². The minimum Gasteiger partial charge on any atom is -0.0652 e. The van der Waals surface area contributed by atoms with Gasteiger partial charge in [0.2, 0.25) is 0 Å². The van der Waals surface area contributed by atoms with E-state index in [-0.39, 0.29) is 0 Å². The maximum atomic E-state index is 2.57. The zero-order valence-electron chi connectivity index (χ0n) is 11.9. The van der Waals surface area contributed by atoms with Crippen LogP contribution in [0.5, 0.6) is 0 Å². The van der Waals surface area contributed by atoms with Crippen LogP contribution < -0.4 is 5.19 Å². The average molecular weight is 246 g/mol. The van der Waals surface area contributed by atoms with Gasteiger partial charge in [-0.1, -0.05) is 69.4 Å². The molecule has 1 aromatic rings. The van der Waals surface area contributed by atoms with E-state index in [1.807, 2.05) is 0 Å². The number of hydrogen-bond donors (Lipinski definition) is 0. The van der Waals surface area contributed by atoms with Gasteiger partial charge in [-0.05, 0) is 29.7 Å². The molecule has 0 saturated heterocycles. The highest BCUT2D eigenvalue weighted by Gasteiger charge is 2.48. The lowest BCUT2D eigenvalue weighted by atomic mass is 10.1. The van der Waals surface area contributed by atoms with Crippen molar-refractivity contribution in [2.24, 2.45) is 17.8 Å². The largest absolute Gasteiger partial charge is 0.0842 e. The second-order valence-corrected chi connectivity index (χ2v) is 11.4. The fraction of sp³-hybridized carbons (Fsp3) is 0.625. The Bertz CT molecular complexity index is 366. The average Bonchev–Trinajstić information content (AvgIpc) is 2.95. The van der Waals surface area contributed by atoms with Crippen molar-refractivity contribution in [2.75, 3.05) is 0 Å². The Hall–Kier alpha value is -0.563. The van der Waals surface area contributed by atoms with Gasteiger partial charge in [-0.15, -0.1) is 0 Å². The van der Waals surface area contributed by atoms with Crippen molar-refractivity contribution < 1.29 is 0 Å². The highest BCUT2D eigenvalue weighted by Crippen LogP contribution is 2.53. The van der Waals surface area contributed by atoms with Crippen molar-refractivity contribution in [3.05, 3.63) is 30.3 Å². The molecular formula is C16H26Si. The van der Waals surface area contributed by atoms with Gasteiger partial charge in [0.15, 0.2) is 0 Å². The maximum Gasteiger partial charge on any atom is 0.0842 e. The highest BCUT2D eigenvalue weighted by molar-refractivity contribution is 6.91. The number of benzene rings is 1.